The summed E-state index contributed by atoms with van der Waals surface area (Å²) in [5, 5.41) is 3.55. The summed E-state index contributed by atoms with van der Waals surface area (Å²) in [7, 11) is 0. The Hall–Kier alpha value is -0.600. The van der Waals surface area contributed by atoms with E-state index < -0.39 is 0 Å². The highest BCUT2D eigenvalue weighted by Crippen LogP contribution is 2.16. The van der Waals surface area contributed by atoms with Gasteiger partial charge in [-0.3, -0.25) is 0 Å². The van der Waals surface area contributed by atoms with E-state index in [0.717, 1.165) is 12.1 Å². The summed E-state index contributed by atoms with van der Waals surface area (Å²) in [5.41, 5.74) is 1.01. The highest BCUT2D eigenvalue weighted by molar-refractivity contribution is 6.30. The highest BCUT2D eigenvalue weighted by Gasteiger charge is 2.06. The van der Waals surface area contributed by atoms with Crippen LogP contribution in [0.4, 0.5) is 4.39 Å². The first-order chi connectivity index (χ1) is 7.00. The predicted octanol–water partition coefficient (Wildman–Crippen LogP) is 3.61. The number of rotatable bonds is 4. The van der Waals surface area contributed by atoms with Gasteiger partial charge in [-0.05, 0) is 30.5 Å². The first kappa shape index (κ1) is 12.5. The number of halogens is 2. The molecule has 0 heterocycles. The van der Waals surface area contributed by atoms with Crippen LogP contribution in [0.25, 0.3) is 0 Å². The Morgan fingerprint density at radius 1 is 1.33 bits per heavy atom. The molecule has 1 atom stereocenters. The second-order valence-corrected chi connectivity index (χ2v) is 4.57. The minimum absolute atomic E-state index is 0.187. The molecule has 1 aromatic carbocycles. The molecule has 0 saturated carbocycles. The number of nitrogens with one attached hydrogen (secondary N) is 1. The molecule has 0 aromatic heterocycles. The first-order valence-electron chi connectivity index (χ1n) is 5.18. The van der Waals surface area contributed by atoms with Crippen molar-refractivity contribution >= 4 is 11.6 Å². The van der Waals surface area contributed by atoms with Crippen LogP contribution >= 0.6 is 11.6 Å². The van der Waals surface area contributed by atoms with Gasteiger partial charge in [-0.1, -0.05) is 31.5 Å². The summed E-state index contributed by atoms with van der Waals surface area (Å²) in [4.78, 5) is 0. The van der Waals surface area contributed by atoms with Crippen LogP contribution in [0.3, 0.4) is 0 Å². The van der Waals surface area contributed by atoms with E-state index in [2.05, 4.69) is 26.1 Å². The lowest BCUT2D eigenvalue weighted by Crippen LogP contribution is -2.30. The van der Waals surface area contributed by atoms with Gasteiger partial charge < -0.3 is 5.32 Å². The summed E-state index contributed by atoms with van der Waals surface area (Å²) in [6.45, 7) is 7.18. The molecular formula is C12H17ClFN. The van der Waals surface area contributed by atoms with Crippen LogP contribution in [0.2, 0.25) is 5.02 Å². The molecule has 0 radical (unpaired) electrons. The van der Waals surface area contributed by atoms with Crippen molar-refractivity contribution in [2.24, 2.45) is 5.92 Å². The maximum absolute atomic E-state index is 12.9. The zero-order valence-corrected chi connectivity index (χ0v) is 10.1. The molecule has 0 aliphatic rings. The molecule has 1 rings (SSSR count). The van der Waals surface area contributed by atoms with Crippen LogP contribution in [-0.4, -0.2) is 6.04 Å². The van der Waals surface area contributed by atoms with Gasteiger partial charge in [-0.15, -0.1) is 0 Å². The standard InChI is InChI=1S/C12H17ClFN/c1-8(2)9(3)15-7-10-4-5-12(14)11(13)6-10/h4-6,8-9,15H,7H2,1-3H3/t9-/m1/s1. The third-order valence-corrected chi connectivity index (χ3v) is 2.90. The Kier molecular flexibility index (Phi) is 4.55. The van der Waals surface area contributed by atoms with Gasteiger partial charge >= 0.3 is 0 Å². The van der Waals surface area contributed by atoms with E-state index in [9.17, 15) is 4.39 Å². The fourth-order valence-electron chi connectivity index (χ4n) is 1.16. The summed E-state index contributed by atoms with van der Waals surface area (Å²) in [6.07, 6.45) is 0. The lowest BCUT2D eigenvalue weighted by Gasteiger charge is -2.17. The van der Waals surface area contributed by atoms with Gasteiger partial charge in [0.05, 0.1) is 5.02 Å². The summed E-state index contributed by atoms with van der Waals surface area (Å²) in [6, 6.07) is 5.26. The van der Waals surface area contributed by atoms with Gasteiger partial charge in [0.15, 0.2) is 0 Å². The van der Waals surface area contributed by atoms with Crippen molar-refractivity contribution < 1.29 is 4.39 Å². The summed E-state index contributed by atoms with van der Waals surface area (Å²) in [5.74, 6) is 0.221. The molecule has 0 fully saturated rings. The van der Waals surface area contributed by atoms with Gasteiger partial charge in [-0.2, -0.15) is 0 Å². The van der Waals surface area contributed by atoms with E-state index in [0.29, 0.717) is 12.0 Å². The van der Waals surface area contributed by atoms with E-state index in [1.807, 2.05) is 0 Å². The van der Waals surface area contributed by atoms with Crippen molar-refractivity contribution in [1.82, 2.24) is 5.32 Å². The maximum Gasteiger partial charge on any atom is 0.141 e. The molecule has 0 amide bonds. The molecule has 1 nitrogen and oxygen atoms in total. The minimum Gasteiger partial charge on any atom is -0.310 e. The van der Waals surface area contributed by atoms with Crippen LogP contribution in [0.5, 0.6) is 0 Å². The normalized spacial score (nSPS) is 13.2. The Morgan fingerprint density at radius 3 is 2.53 bits per heavy atom. The SMILES string of the molecule is CC(C)[C@@H](C)NCc1ccc(F)c(Cl)c1. The van der Waals surface area contributed by atoms with Crippen molar-refractivity contribution in [2.75, 3.05) is 0 Å². The van der Waals surface area contributed by atoms with Crippen LogP contribution in [0.1, 0.15) is 26.3 Å². The maximum atomic E-state index is 12.9. The molecule has 84 valence electrons. The van der Waals surface area contributed by atoms with Crippen LogP contribution in [0.15, 0.2) is 18.2 Å². The fourth-order valence-corrected chi connectivity index (χ4v) is 1.37. The number of hydrogen-bond acceptors (Lipinski definition) is 1. The number of benzene rings is 1. The van der Waals surface area contributed by atoms with Gasteiger partial charge in [0, 0.05) is 12.6 Å². The summed E-state index contributed by atoms with van der Waals surface area (Å²) < 4.78 is 12.9. The zero-order chi connectivity index (χ0) is 11.4. The van der Waals surface area contributed by atoms with Crippen molar-refractivity contribution in [2.45, 2.75) is 33.4 Å². The van der Waals surface area contributed by atoms with E-state index >= 15 is 0 Å². The van der Waals surface area contributed by atoms with Crippen molar-refractivity contribution in [3.8, 4) is 0 Å². The van der Waals surface area contributed by atoms with E-state index in [1.165, 1.54) is 6.07 Å². The Morgan fingerprint density at radius 2 is 2.00 bits per heavy atom. The highest BCUT2D eigenvalue weighted by atomic mass is 35.5. The van der Waals surface area contributed by atoms with E-state index in [4.69, 9.17) is 11.6 Å². The monoisotopic (exact) mass is 229 g/mol. The van der Waals surface area contributed by atoms with Crippen molar-refractivity contribution in [3.05, 3.63) is 34.6 Å². The minimum atomic E-state index is -0.364. The Balaban J connectivity index is 2.55. The molecule has 0 spiro atoms. The van der Waals surface area contributed by atoms with E-state index in [1.54, 1.807) is 12.1 Å². The molecule has 15 heavy (non-hydrogen) atoms. The van der Waals surface area contributed by atoms with Gasteiger partial charge in [0.2, 0.25) is 0 Å². The predicted molar refractivity (Wildman–Crippen MR) is 62.5 cm³/mol. The second kappa shape index (κ2) is 5.47. The molecule has 0 unspecified atom stereocenters. The molecule has 3 heteroatoms. The lowest BCUT2D eigenvalue weighted by molar-refractivity contribution is 0.426. The topological polar surface area (TPSA) is 12.0 Å². The average Bonchev–Trinajstić information content (AvgIpc) is 2.19. The van der Waals surface area contributed by atoms with Crippen molar-refractivity contribution in [3.63, 3.8) is 0 Å². The molecule has 0 aliphatic heterocycles. The zero-order valence-electron chi connectivity index (χ0n) is 9.35. The van der Waals surface area contributed by atoms with Crippen LogP contribution in [-0.2, 0) is 6.54 Å². The largest absolute Gasteiger partial charge is 0.310 e. The second-order valence-electron chi connectivity index (χ2n) is 4.16. The molecular weight excluding hydrogens is 213 g/mol. The smallest absolute Gasteiger partial charge is 0.141 e. The molecule has 0 bridgehead atoms. The van der Waals surface area contributed by atoms with Crippen LogP contribution in [0, 0.1) is 11.7 Å². The Labute approximate surface area is 95.6 Å². The number of hydrogen-bond donors (Lipinski definition) is 1. The fraction of sp³-hybridized carbons (Fsp3) is 0.500. The van der Waals surface area contributed by atoms with E-state index in [-0.39, 0.29) is 10.8 Å². The molecule has 1 aromatic rings. The summed E-state index contributed by atoms with van der Waals surface area (Å²) >= 11 is 5.69. The Bertz CT molecular complexity index is 325. The molecule has 0 aliphatic carbocycles. The quantitative estimate of drug-likeness (QED) is 0.832. The first-order valence-corrected chi connectivity index (χ1v) is 5.56. The lowest BCUT2D eigenvalue weighted by atomic mass is 10.1. The van der Waals surface area contributed by atoms with Crippen LogP contribution < -0.4 is 5.32 Å². The molecule has 1 N–H and O–H groups in total. The van der Waals surface area contributed by atoms with Gasteiger partial charge in [0.1, 0.15) is 5.82 Å². The molecule has 0 saturated heterocycles. The third-order valence-electron chi connectivity index (χ3n) is 2.61. The third kappa shape index (κ3) is 3.80. The van der Waals surface area contributed by atoms with Crippen molar-refractivity contribution in [1.29, 1.82) is 0 Å². The average molecular weight is 230 g/mol. The van der Waals surface area contributed by atoms with Gasteiger partial charge in [0.25, 0.3) is 0 Å². The van der Waals surface area contributed by atoms with Gasteiger partial charge in [-0.25, -0.2) is 4.39 Å².